The molecule has 1 atom stereocenters. The van der Waals surface area contributed by atoms with E-state index in [0.717, 1.165) is 27.8 Å². The van der Waals surface area contributed by atoms with Crippen molar-refractivity contribution < 1.29 is 19.0 Å². The summed E-state index contributed by atoms with van der Waals surface area (Å²) in [5.74, 6) is 0.0602. The molecule has 6 nitrogen and oxygen atoms in total. The van der Waals surface area contributed by atoms with Crippen LogP contribution in [0.15, 0.2) is 54.7 Å². The van der Waals surface area contributed by atoms with Crippen molar-refractivity contribution in [2.24, 2.45) is 5.41 Å². The molecule has 164 valence electrons. The Morgan fingerprint density at radius 3 is 2.45 bits per heavy atom. The van der Waals surface area contributed by atoms with E-state index in [0.29, 0.717) is 19.8 Å². The van der Waals surface area contributed by atoms with Gasteiger partial charge in [-0.05, 0) is 50.1 Å². The summed E-state index contributed by atoms with van der Waals surface area (Å²) in [6.07, 6.45) is 2.03. The van der Waals surface area contributed by atoms with Crippen molar-refractivity contribution in [1.82, 2.24) is 10.3 Å². The number of benzene rings is 2. The lowest BCUT2D eigenvalue weighted by Crippen LogP contribution is -2.53. The summed E-state index contributed by atoms with van der Waals surface area (Å²) in [4.78, 5) is 16.5. The molecule has 31 heavy (non-hydrogen) atoms. The molecule has 3 aromatic rings. The van der Waals surface area contributed by atoms with Gasteiger partial charge in [-0.1, -0.05) is 30.3 Å². The van der Waals surface area contributed by atoms with E-state index >= 15 is 0 Å². The highest BCUT2D eigenvalue weighted by molar-refractivity contribution is 5.85. The molecule has 0 spiro atoms. The number of ether oxygens (including phenoxy) is 3. The highest BCUT2D eigenvalue weighted by Gasteiger charge is 2.42. The van der Waals surface area contributed by atoms with Crippen LogP contribution in [0.4, 0.5) is 0 Å². The van der Waals surface area contributed by atoms with Crippen LogP contribution in [-0.2, 0) is 14.3 Å². The number of hydrogen-bond donors (Lipinski definition) is 2. The number of fused-ring (bicyclic) bond motifs is 1. The smallest absolute Gasteiger partial charge is 0.230 e. The van der Waals surface area contributed by atoms with Crippen molar-refractivity contribution in [3.8, 4) is 5.75 Å². The van der Waals surface area contributed by atoms with Crippen molar-refractivity contribution in [2.75, 3.05) is 26.9 Å². The SMILES string of the molecule is COc1ccc([C@@H](CNC(=O)C2(C)COC(C)(C)OC2)c2c[nH]c3ccccc23)cc1. The molecular formula is C25H30N2O4. The molecule has 0 saturated carbocycles. The van der Waals surface area contributed by atoms with E-state index in [1.807, 2.05) is 51.2 Å². The standard InChI is InChI=1S/C25H30N2O4/c1-24(2)30-15-25(3,16-31-24)23(28)27-13-20(17-9-11-18(29-4)12-10-17)21-14-26-22-8-6-5-7-19(21)22/h5-12,14,20,26H,13,15-16H2,1-4H3,(H,27,28)/t20-/m1/s1. The maximum absolute atomic E-state index is 13.1. The number of aromatic nitrogens is 1. The van der Waals surface area contributed by atoms with E-state index in [-0.39, 0.29) is 11.8 Å². The largest absolute Gasteiger partial charge is 0.497 e. The Hall–Kier alpha value is -2.83. The number of carbonyl (C=O) groups excluding carboxylic acids is 1. The maximum Gasteiger partial charge on any atom is 0.230 e. The highest BCUT2D eigenvalue weighted by Crippen LogP contribution is 2.33. The second-order valence-electron chi connectivity index (χ2n) is 8.86. The van der Waals surface area contributed by atoms with E-state index < -0.39 is 11.2 Å². The molecule has 4 rings (SSSR count). The van der Waals surface area contributed by atoms with Gasteiger partial charge in [0.2, 0.25) is 5.91 Å². The number of nitrogens with one attached hydrogen (secondary N) is 2. The fourth-order valence-electron chi connectivity index (χ4n) is 3.91. The minimum absolute atomic E-state index is 0.0172. The molecule has 1 amide bonds. The first-order chi connectivity index (χ1) is 14.8. The molecule has 1 saturated heterocycles. The number of H-pyrrole nitrogens is 1. The average molecular weight is 423 g/mol. The summed E-state index contributed by atoms with van der Waals surface area (Å²) >= 11 is 0. The van der Waals surface area contributed by atoms with Crippen LogP contribution in [0.1, 0.15) is 37.8 Å². The van der Waals surface area contributed by atoms with Crippen LogP contribution in [0.3, 0.4) is 0 Å². The first-order valence-electron chi connectivity index (χ1n) is 10.6. The number of aromatic amines is 1. The molecule has 1 aliphatic heterocycles. The summed E-state index contributed by atoms with van der Waals surface area (Å²) in [6.45, 7) is 6.72. The van der Waals surface area contributed by atoms with E-state index in [2.05, 4.69) is 34.6 Å². The zero-order valence-electron chi connectivity index (χ0n) is 18.5. The zero-order chi connectivity index (χ0) is 22.1. The molecule has 1 aromatic heterocycles. The lowest BCUT2D eigenvalue weighted by atomic mass is 9.88. The molecule has 2 N–H and O–H groups in total. The zero-order valence-corrected chi connectivity index (χ0v) is 18.5. The van der Waals surface area contributed by atoms with Crippen LogP contribution < -0.4 is 10.1 Å². The predicted molar refractivity (Wildman–Crippen MR) is 120 cm³/mol. The number of methoxy groups -OCH3 is 1. The summed E-state index contributed by atoms with van der Waals surface area (Å²) < 4.78 is 16.8. The summed E-state index contributed by atoms with van der Waals surface area (Å²) in [6, 6.07) is 16.2. The third-order valence-corrected chi connectivity index (χ3v) is 6.01. The van der Waals surface area contributed by atoms with E-state index in [1.165, 1.54) is 0 Å². The molecule has 2 aromatic carbocycles. The van der Waals surface area contributed by atoms with Crippen LogP contribution >= 0.6 is 0 Å². The Morgan fingerprint density at radius 1 is 1.10 bits per heavy atom. The van der Waals surface area contributed by atoms with Gasteiger partial charge in [0.1, 0.15) is 5.75 Å². The van der Waals surface area contributed by atoms with Crippen molar-refractivity contribution in [3.63, 3.8) is 0 Å². The Morgan fingerprint density at radius 2 is 1.77 bits per heavy atom. The fraction of sp³-hybridized carbons (Fsp3) is 0.400. The first-order valence-corrected chi connectivity index (χ1v) is 10.6. The van der Waals surface area contributed by atoms with Gasteiger partial charge < -0.3 is 24.5 Å². The second kappa shape index (κ2) is 8.36. The van der Waals surface area contributed by atoms with Gasteiger partial charge in [0.25, 0.3) is 0 Å². The molecule has 2 heterocycles. The quantitative estimate of drug-likeness (QED) is 0.624. The number of amides is 1. The second-order valence-corrected chi connectivity index (χ2v) is 8.86. The monoisotopic (exact) mass is 422 g/mol. The average Bonchev–Trinajstić information content (AvgIpc) is 3.20. The van der Waals surface area contributed by atoms with E-state index in [4.69, 9.17) is 14.2 Å². The molecule has 0 bridgehead atoms. The molecule has 1 aliphatic rings. The third-order valence-electron chi connectivity index (χ3n) is 6.01. The van der Waals surface area contributed by atoms with Crippen molar-refractivity contribution >= 4 is 16.8 Å². The van der Waals surface area contributed by atoms with Gasteiger partial charge >= 0.3 is 0 Å². The van der Waals surface area contributed by atoms with Gasteiger partial charge in [-0.2, -0.15) is 0 Å². The first kappa shape index (κ1) is 21.4. The van der Waals surface area contributed by atoms with Crippen LogP contribution in [0.5, 0.6) is 5.75 Å². The van der Waals surface area contributed by atoms with Gasteiger partial charge in [-0.15, -0.1) is 0 Å². The number of carbonyl (C=O) groups is 1. The predicted octanol–water partition coefficient (Wildman–Crippen LogP) is 4.21. The minimum Gasteiger partial charge on any atom is -0.497 e. The summed E-state index contributed by atoms with van der Waals surface area (Å²) in [5, 5.41) is 4.30. The maximum atomic E-state index is 13.1. The van der Waals surface area contributed by atoms with E-state index in [9.17, 15) is 4.79 Å². The molecule has 0 unspecified atom stereocenters. The van der Waals surface area contributed by atoms with Gasteiger partial charge in [-0.25, -0.2) is 0 Å². The van der Waals surface area contributed by atoms with Crippen molar-refractivity contribution in [1.29, 1.82) is 0 Å². The molecule has 0 aliphatic carbocycles. The summed E-state index contributed by atoms with van der Waals surface area (Å²) in [5.41, 5.74) is 2.60. The van der Waals surface area contributed by atoms with Crippen LogP contribution in [0.2, 0.25) is 0 Å². The van der Waals surface area contributed by atoms with Gasteiger partial charge in [0.05, 0.1) is 25.7 Å². The highest BCUT2D eigenvalue weighted by atomic mass is 16.7. The molecular weight excluding hydrogens is 392 g/mol. The molecule has 1 fully saturated rings. The van der Waals surface area contributed by atoms with Gasteiger partial charge in [-0.3, -0.25) is 4.79 Å². The lowest BCUT2D eigenvalue weighted by molar-refractivity contribution is -0.277. The Labute approximate surface area is 182 Å². The van der Waals surface area contributed by atoms with Crippen molar-refractivity contribution in [2.45, 2.75) is 32.5 Å². The Balaban J connectivity index is 1.58. The summed E-state index contributed by atoms with van der Waals surface area (Å²) in [7, 11) is 1.66. The molecule has 0 radical (unpaired) electrons. The minimum atomic E-state index is -0.722. The van der Waals surface area contributed by atoms with Gasteiger partial charge in [0.15, 0.2) is 5.79 Å². The van der Waals surface area contributed by atoms with Gasteiger partial charge in [0, 0.05) is 29.6 Å². The van der Waals surface area contributed by atoms with Crippen LogP contribution in [-0.4, -0.2) is 43.5 Å². The normalized spacial score (nSPS) is 18.5. The lowest BCUT2D eigenvalue weighted by Gasteiger charge is -2.40. The van der Waals surface area contributed by atoms with Crippen LogP contribution in [0, 0.1) is 5.41 Å². The Bertz CT molecular complexity index is 1040. The van der Waals surface area contributed by atoms with Crippen LogP contribution in [0.25, 0.3) is 10.9 Å². The topological polar surface area (TPSA) is 72.6 Å². The number of hydrogen-bond acceptors (Lipinski definition) is 4. The number of rotatable bonds is 6. The Kier molecular flexibility index (Phi) is 5.77. The van der Waals surface area contributed by atoms with Crippen molar-refractivity contribution in [3.05, 3.63) is 65.9 Å². The number of para-hydroxylation sites is 1. The fourth-order valence-corrected chi connectivity index (χ4v) is 3.91. The van der Waals surface area contributed by atoms with E-state index in [1.54, 1.807) is 7.11 Å². The third kappa shape index (κ3) is 4.45. The molecule has 6 heteroatoms.